The summed E-state index contributed by atoms with van der Waals surface area (Å²) in [5.74, 6) is 2.89. The molecule has 0 fully saturated rings. The van der Waals surface area contributed by atoms with Crippen LogP contribution < -0.4 is 10.1 Å². The Morgan fingerprint density at radius 3 is 2.74 bits per heavy atom. The lowest BCUT2D eigenvalue weighted by atomic mass is 10.3. The van der Waals surface area contributed by atoms with Crippen LogP contribution in [-0.2, 0) is 0 Å². The van der Waals surface area contributed by atoms with Crippen LogP contribution in [0.5, 0.6) is 5.75 Å². The predicted molar refractivity (Wildman–Crippen MR) is 84.3 cm³/mol. The van der Waals surface area contributed by atoms with E-state index in [4.69, 9.17) is 4.74 Å². The topological polar surface area (TPSA) is 36.9 Å². The minimum atomic E-state index is 0.643. The maximum Gasteiger partial charge on any atom is 0.193 e. The zero-order valence-corrected chi connectivity index (χ0v) is 12.7. The molecule has 1 aromatic carbocycles. The Morgan fingerprint density at radius 2 is 2.11 bits per heavy atom. The number of para-hydroxylation sites is 1. The smallest absolute Gasteiger partial charge is 0.193 e. The summed E-state index contributed by atoms with van der Waals surface area (Å²) in [5, 5.41) is 3.32. The Bertz CT molecular complexity index is 370. The standard InChI is InChI=1S/C14H23N3OS/c1-15-14(16-9-12-19-3)17(2)10-11-18-13-7-5-4-6-8-13/h4-8H,9-12H2,1-3H3,(H,15,16). The zero-order chi connectivity index (χ0) is 13.9. The second kappa shape index (κ2) is 9.55. The van der Waals surface area contributed by atoms with Gasteiger partial charge in [-0.15, -0.1) is 0 Å². The zero-order valence-electron chi connectivity index (χ0n) is 11.9. The maximum absolute atomic E-state index is 5.67. The molecule has 0 bridgehead atoms. The number of hydrogen-bond donors (Lipinski definition) is 1. The van der Waals surface area contributed by atoms with E-state index in [0.717, 1.165) is 30.6 Å². The SMILES string of the molecule is CN=C(NCCSC)N(C)CCOc1ccccc1. The molecule has 0 aliphatic carbocycles. The molecule has 4 nitrogen and oxygen atoms in total. The van der Waals surface area contributed by atoms with E-state index in [1.807, 2.05) is 49.1 Å². The van der Waals surface area contributed by atoms with Gasteiger partial charge in [-0.2, -0.15) is 11.8 Å². The van der Waals surface area contributed by atoms with E-state index >= 15 is 0 Å². The van der Waals surface area contributed by atoms with Gasteiger partial charge in [-0.3, -0.25) is 4.99 Å². The molecule has 0 atom stereocenters. The number of hydrogen-bond acceptors (Lipinski definition) is 3. The molecule has 1 aromatic rings. The summed E-state index contributed by atoms with van der Waals surface area (Å²) < 4.78 is 5.67. The molecule has 0 heterocycles. The van der Waals surface area contributed by atoms with Crippen molar-refractivity contribution in [1.82, 2.24) is 10.2 Å². The third-order valence-corrected chi connectivity index (χ3v) is 3.21. The molecule has 1 N–H and O–H groups in total. The normalized spacial score (nSPS) is 11.2. The van der Waals surface area contributed by atoms with Gasteiger partial charge < -0.3 is 15.0 Å². The first kappa shape index (κ1) is 15.7. The Hall–Kier alpha value is -1.36. The van der Waals surface area contributed by atoms with Crippen molar-refractivity contribution in [1.29, 1.82) is 0 Å². The van der Waals surface area contributed by atoms with Crippen LogP contribution >= 0.6 is 11.8 Å². The minimum Gasteiger partial charge on any atom is -0.492 e. The highest BCUT2D eigenvalue weighted by Gasteiger charge is 2.04. The second-order valence-corrected chi connectivity index (χ2v) is 5.04. The van der Waals surface area contributed by atoms with Gasteiger partial charge in [0, 0.05) is 26.4 Å². The minimum absolute atomic E-state index is 0.643. The first-order valence-corrected chi connectivity index (χ1v) is 7.76. The summed E-state index contributed by atoms with van der Waals surface area (Å²) in [5.41, 5.74) is 0. The molecule has 106 valence electrons. The number of nitrogens with one attached hydrogen (secondary N) is 1. The highest BCUT2D eigenvalue weighted by Crippen LogP contribution is 2.07. The summed E-state index contributed by atoms with van der Waals surface area (Å²) in [6, 6.07) is 9.86. The van der Waals surface area contributed by atoms with Gasteiger partial charge in [0.05, 0.1) is 6.54 Å². The average molecular weight is 281 g/mol. The van der Waals surface area contributed by atoms with Crippen LogP contribution in [0.1, 0.15) is 0 Å². The van der Waals surface area contributed by atoms with Crippen molar-refractivity contribution in [3.63, 3.8) is 0 Å². The molecule has 0 aliphatic rings. The molecule has 0 saturated heterocycles. The van der Waals surface area contributed by atoms with Crippen molar-refractivity contribution in [3.8, 4) is 5.75 Å². The highest BCUT2D eigenvalue weighted by molar-refractivity contribution is 7.98. The fraction of sp³-hybridized carbons (Fsp3) is 0.500. The average Bonchev–Trinajstić information content (AvgIpc) is 2.44. The second-order valence-electron chi connectivity index (χ2n) is 4.05. The molecular formula is C14H23N3OS. The monoisotopic (exact) mass is 281 g/mol. The molecule has 0 spiro atoms. The summed E-state index contributed by atoms with van der Waals surface area (Å²) >= 11 is 1.82. The van der Waals surface area contributed by atoms with Gasteiger partial charge in [0.15, 0.2) is 5.96 Å². The number of guanidine groups is 1. The van der Waals surface area contributed by atoms with E-state index in [1.165, 1.54) is 0 Å². The Labute approximate surface area is 120 Å². The van der Waals surface area contributed by atoms with Crippen LogP contribution in [0.3, 0.4) is 0 Å². The van der Waals surface area contributed by atoms with Gasteiger partial charge in [0.25, 0.3) is 0 Å². The molecule has 0 amide bonds. The van der Waals surface area contributed by atoms with Crippen LogP contribution in [0.4, 0.5) is 0 Å². The largest absolute Gasteiger partial charge is 0.492 e. The number of aliphatic imine (C=N–C) groups is 1. The summed E-state index contributed by atoms with van der Waals surface area (Å²) in [6.45, 7) is 2.37. The summed E-state index contributed by atoms with van der Waals surface area (Å²) in [4.78, 5) is 6.32. The van der Waals surface area contributed by atoms with Crippen LogP contribution in [0.2, 0.25) is 0 Å². The van der Waals surface area contributed by atoms with Crippen molar-refractivity contribution in [3.05, 3.63) is 30.3 Å². The maximum atomic E-state index is 5.67. The lowest BCUT2D eigenvalue weighted by molar-refractivity contribution is 0.281. The molecule has 1 rings (SSSR count). The fourth-order valence-electron chi connectivity index (χ4n) is 1.57. The van der Waals surface area contributed by atoms with Crippen molar-refractivity contribution >= 4 is 17.7 Å². The Kier molecular flexibility index (Phi) is 7.89. The first-order valence-electron chi connectivity index (χ1n) is 6.36. The summed E-state index contributed by atoms with van der Waals surface area (Å²) in [6.07, 6.45) is 2.10. The Balaban J connectivity index is 2.27. The van der Waals surface area contributed by atoms with E-state index in [0.29, 0.717) is 6.61 Å². The van der Waals surface area contributed by atoms with E-state index in [-0.39, 0.29) is 0 Å². The van der Waals surface area contributed by atoms with Gasteiger partial charge in [-0.25, -0.2) is 0 Å². The van der Waals surface area contributed by atoms with Crippen molar-refractivity contribution in [2.24, 2.45) is 4.99 Å². The quantitative estimate of drug-likeness (QED) is 0.471. The van der Waals surface area contributed by atoms with Crippen molar-refractivity contribution in [2.45, 2.75) is 0 Å². The van der Waals surface area contributed by atoms with Gasteiger partial charge in [0.2, 0.25) is 0 Å². The van der Waals surface area contributed by atoms with Crippen LogP contribution in [-0.4, -0.2) is 56.7 Å². The van der Waals surface area contributed by atoms with E-state index < -0.39 is 0 Å². The predicted octanol–water partition coefficient (Wildman–Crippen LogP) is 1.94. The molecular weight excluding hydrogens is 258 g/mol. The van der Waals surface area contributed by atoms with Gasteiger partial charge in [-0.1, -0.05) is 18.2 Å². The first-order chi connectivity index (χ1) is 9.27. The lowest BCUT2D eigenvalue weighted by Crippen LogP contribution is -2.41. The van der Waals surface area contributed by atoms with E-state index in [1.54, 1.807) is 7.05 Å². The fourth-order valence-corrected chi connectivity index (χ4v) is 1.88. The molecule has 0 radical (unpaired) electrons. The Morgan fingerprint density at radius 1 is 1.37 bits per heavy atom. The number of likely N-dealkylation sites (N-methyl/N-ethyl adjacent to an activating group) is 1. The lowest BCUT2D eigenvalue weighted by Gasteiger charge is -2.22. The molecule has 0 unspecified atom stereocenters. The number of rotatable bonds is 7. The number of ether oxygens (including phenoxy) is 1. The van der Waals surface area contributed by atoms with Crippen molar-refractivity contribution in [2.75, 3.05) is 45.8 Å². The number of nitrogens with zero attached hydrogens (tertiary/aromatic N) is 2. The van der Waals surface area contributed by atoms with E-state index in [9.17, 15) is 0 Å². The van der Waals surface area contributed by atoms with Gasteiger partial charge in [-0.05, 0) is 18.4 Å². The summed E-state index contributed by atoms with van der Waals surface area (Å²) in [7, 11) is 3.82. The molecule has 0 aliphatic heterocycles. The van der Waals surface area contributed by atoms with Gasteiger partial charge in [0.1, 0.15) is 12.4 Å². The molecule has 19 heavy (non-hydrogen) atoms. The van der Waals surface area contributed by atoms with Crippen LogP contribution in [0.15, 0.2) is 35.3 Å². The van der Waals surface area contributed by atoms with E-state index in [2.05, 4.69) is 21.5 Å². The van der Waals surface area contributed by atoms with Crippen LogP contribution in [0, 0.1) is 0 Å². The molecule has 5 heteroatoms. The number of benzene rings is 1. The highest BCUT2D eigenvalue weighted by atomic mass is 32.2. The van der Waals surface area contributed by atoms with Crippen LogP contribution in [0.25, 0.3) is 0 Å². The molecule has 0 aromatic heterocycles. The number of thioether (sulfide) groups is 1. The van der Waals surface area contributed by atoms with Gasteiger partial charge >= 0.3 is 0 Å². The molecule has 0 saturated carbocycles. The van der Waals surface area contributed by atoms with Crippen molar-refractivity contribution < 1.29 is 4.74 Å². The third kappa shape index (κ3) is 6.38. The third-order valence-electron chi connectivity index (χ3n) is 2.60.